The number of rotatable bonds is 4. The second-order valence-corrected chi connectivity index (χ2v) is 5.93. The van der Waals surface area contributed by atoms with Gasteiger partial charge >= 0.3 is 12.0 Å². The first-order chi connectivity index (χ1) is 9.98. The lowest BCUT2D eigenvalue weighted by Gasteiger charge is -2.34. The minimum Gasteiger partial charge on any atom is -0.481 e. The van der Waals surface area contributed by atoms with Gasteiger partial charge in [-0.3, -0.25) is 4.79 Å². The van der Waals surface area contributed by atoms with Gasteiger partial charge in [-0.05, 0) is 31.4 Å². The summed E-state index contributed by atoms with van der Waals surface area (Å²) in [6, 6.07) is 6.72. The number of carbonyl (C=O) groups is 2. The van der Waals surface area contributed by atoms with Crippen LogP contribution >= 0.6 is 0 Å². The second-order valence-electron chi connectivity index (χ2n) is 5.93. The van der Waals surface area contributed by atoms with E-state index in [-0.39, 0.29) is 18.0 Å². The molecule has 0 spiro atoms. The average Bonchev–Trinajstić information content (AvgIpc) is 2.40. The Morgan fingerprint density at radius 2 is 1.86 bits per heavy atom. The zero-order chi connectivity index (χ0) is 15.3. The predicted molar refractivity (Wildman–Crippen MR) is 81.4 cm³/mol. The van der Waals surface area contributed by atoms with Gasteiger partial charge in [0.25, 0.3) is 0 Å². The normalized spacial score (nSPS) is 17.0. The number of nitrogens with one attached hydrogen (secondary N) is 2. The zero-order valence-corrected chi connectivity index (χ0v) is 12.3. The number of benzene rings is 1. The lowest BCUT2D eigenvalue weighted by atomic mass is 9.83. The number of urea groups is 1. The molecule has 1 aromatic rings. The van der Waals surface area contributed by atoms with Gasteiger partial charge in [-0.1, -0.05) is 37.5 Å². The molecule has 5 nitrogen and oxygen atoms in total. The Morgan fingerprint density at radius 3 is 2.52 bits per heavy atom. The van der Waals surface area contributed by atoms with Crippen molar-refractivity contribution >= 4 is 17.7 Å². The molecule has 0 unspecified atom stereocenters. The second kappa shape index (κ2) is 6.61. The van der Waals surface area contributed by atoms with Crippen LogP contribution in [0, 0.1) is 0 Å². The molecule has 0 bridgehead atoms. The Bertz CT molecular complexity index is 522. The molecule has 21 heavy (non-hydrogen) atoms. The fraction of sp³-hybridized carbons (Fsp3) is 0.500. The first kappa shape index (κ1) is 15.4. The number of aliphatic carboxylic acids is 1. The van der Waals surface area contributed by atoms with Crippen molar-refractivity contribution in [2.24, 2.45) is 0 Å². The third-order valence-electron chi connectivity index (χ3n) is 3.98. The minimum atomic E-state index is -0.913. The van der Waals surface area contributed by atoms with Gasteiger partial charge in [0.15, 0.2) is 0 Å². The smallest absolute Gasteiger partial charge is 0.319 e. The standard InChI is InChI=1S/C16H22N2O3/c1-16(9-5-2-6-10-16)18-15(21)17-13-8-4-3-7-12(13)11-14(19)20/h3-4,7-8H,2,5-6,9-11H2,1H3,(H,19,20)(H2,17,18,21). The van der Waals surface area contributed by atoms with Gasteiger partial charge in [0.2, 0.25) is 0 Å². The van der Waals surface area contributed by atoms with Crippen molar-refractivity contribution in [2.45, 2.75) is 51.0 Å². The van der Waals surface area contributed by atoms with E-state index in [4.69, 9.17) is 5.11 Å². The van der Waals surface area contributed by atoms with Crippen LogP contribution in [0.2, 0.25) is 0 Å². The van der Waals surface area contributed by atoms with E-state index >= 15 is 0 Å². The highest BCUT2D eigenvalue weighted by atomic mass is 16.4. The predicted octanol–water partition coefficient (Wildman–Crippen LogP) is 3.16. The van der Waals surface area contributed by atoms with Crippen LogP contribution in [0.5, 0.6) is 0 Å². The van der Waals surface area contributed by atoms with Gasteiger partial charge in [-0.15, -0.1) is 0 Å². The highest BCUT2D eigenvalue weighted by Gasteiger charge is 2.28. The number of hydrogen-bond donors (Lipinski definition) is 3. The Kier molecular flexibility index (Phi) is 4.83. The average molecular weight is 290 g/mol. The lowest BCUT2D eigenvalue weighted by Crippen LogP contribution is -2.49. The lowest BCUT2D eigenvalue weighted by molar-refractivity contribution is -0.136. The summed E-state index contributed by atoms with van der Waals surface area (Å²) < 4.78 is 0. The van der Waals surface area contributed by atoms with Gasteiger partial charge in [0.1, 0.15) is 0 Å². The van der Waals surface area contributed by atoms with E-state index in [0.717, 1.165) is 25.7 Å². The molecule has 3 N–H and O–H groups in total. The fourth-order valence-electron chi connectivity index (χ4n) is 2.84. The summed E-state index contributed by atoms with van der Waals surface area (Å²) in [7, 11) is 0. The van der Waals surface area contributed by atoms with Crippen LogP contribution in [0.1, 0.15) is 44.6 Å². The number of carbonyl (C=O) groups excluding carboxylic acids is 1. The summed E-state index contributed by atoms with van der Waals surface area (Å²) in [6.07, 6.45) is 5.35. The number of hydrogen-bond acceptors (Lipinski definition) is 2. The largest absolute Gasteiger partial charge is 0.481 e. The molecule has 1 fully saturated rings. The van der Waals surface area contributed by atoms with Crippen molar-refractivity contribution < 1.29 is 14.7 Å². The van der Waals surface area contributed by atoms with Gasteiger partial charge in [-0.25, -0.2) is 4.79 Å². The Labute approximate surface area is 124 Å². The van der Waals surface area contributed by atoms with Crippen LogP contribution in [0.3, 0.4) is 0 Å². The molecule has 2 amide bonds. The Balaban J connectivity index is 2.00. The fourth-order valence-corrected chi connectivity index (χ4v) is 2.84. The Hall–Kier alpha value is -2.04. The molecule has 0 saturated heterocycles. The number of carboxylic acid groups (broad SMARTS) is 1. The summed E-state index contributed by atoms with van der Waals surface area (Å²) in [5, 5.41) is 14.7. The van der Waals surface area contributed by atoms with E-state index in [1.807, 2.05) is 0 Å². The number of anilines is 1. The molecule has 2 rings (SSSR count). The van der Waals surface area contributed by atoms with Gasteiger partial charge in [0, 0.05) is 11.2 Å². The van der Waals surface area contributed by atoms with E-state index in [1.165, 1.54) is 6.42 Å². The molecular formula is C16H22N2O3. The molecule has 114 valence electrons. The molecule has 5 heteroatoms. The maximum absolute atomic E-state index is 12.2. The van der Waals surface area contributed by atoms with E-state index in [9.17, 15) is 9.59 Å². The van der Waals surface area contributed by atoms with Crippen LogP contribution < -0.4 is 10.6 Å². The van der Waals surface area contributed by atoms with Crippen LogP contribution in [0.15, 0.2) is 24.3 Å². The number of amides is 2. The molecule has 0 aliphatic heterocycles. The summed E-state index contributed by atoms with van der Waals surface area (Å²) in [5.41, 5.74) is 0.995. The molecule has 0 heterocycles. The number of carboxylic acids is 1. The van der Waals surface area contributed by atoms with Gasteiger partial charge in [0.05, 0.1) is 6.42 Å². The van der Waals surface area contributed by atoms with Crippen LogP contribution in [0.4, 0.5) is 10.5 Å². The molecule has 1 aromatic carbocycles. The quantitative estimate of drug-likeness (QED) is 0.797. The third kappa shape index (κ3) is 4.48. The highest BCUT2D eigenvalue weighted by Crippen LogP contribution is 2.27. The highest BCUT2D eigenvalue weighted by molar-refractivity contribution is 5.91. The van der Waals surface area contributed by atoms with Crippen molar-refractivity contribution in [1.29, 1.82) is 0 Å². The van der Waals surface area contributed by atoms with Crippen molar-refractivity contribution in [2.75, 3.05) is 5.32 Å². The van der Waals surface area contributed by atoms with E-state index < -0.39 is 5.97 Å². The SMILES string of the molecule is CC1(NC(=O)Nc2ccccc2CC(=O)O)CCCCC1. The first-order valence-electron chi connectivity index (χ1n) is 7.37. The molecule has 1 aliphatic rings. The molecule has 0 radical (unpaired) electrons. The van der Waals surface area contributed by atoms with Crippen molar-refractivity contribution in [3.05, 3.63) is 29.8 Å². The van der Waals surface area contributed by atoms with Crippen molar-refractivity contribution in [3.8, 4) is 0 Å². The summed E-state index contributed by atoms with van der Waals surface area (Å²) in [4.78, 5) is 23.0. The molecule has 1 saturated carbocycles. The van der Waals surface area contributed by atoms with E-state index in [0.29, 0.717) is 11.3 Å². The molecule has 0 aromatic heterocycles. The monoisotopic (exact) mass is 290 g/mol. The van der Waals surface area contributed by atoms with E-state index in [1.54, 1.807) is 24.3 Å². The van der Waals surface area contributed by atoms with E-state index in [2.05, 4.69) is 17.6 Å². The Morgan fingerprint density at radius 1 is 1.19 bits per heavy atom. The third-order valence-corrected chi connectivity index (χ3v) is 3.98. The molecule has 0 atom stereocenters. The van der Waals surface area contributed by atoms with Crippen molar-refractivity contribution in [1.82, 2.24) is 5.32 Å². The molecule has 1 aliphatic carbocycles. The minimum absolute atomic E-state index is 0.103. The topological polar surface area (TPSA) is 78.4 Å². The first-order valence-corrected chi connectivity index (χ1v) is 7.37. The van der Waals surface area contributed by atoms with Gasteiger partial charge in [-0.2, -0.15) is 0 Å². The summed E-state index contributed by atoms with van der Waals surface area (Å²) in [5.74, 6) is -0.913. The zero-order valence-electron chi connectivity index (χ0n) is 12.3. The maximum atomic E-state index is 12.2. The summed E-state index contributed by atoms with van der Waals surface area (Å²) >= 11 is 0. The summed E-state index contributed by atoms with van der Waals surface area (Å²) in [6.45, 7) is 2.06. The van der Waals surface area contributed by atoms with Crippen molar-refractivity contribution in [3.63, 3.8) is 0 Å². The van der Waals surface area contributed by atoms with Crippen LogP contribution in [-0.4, -0.2) is 22.6 Å². The molecular weight excluding hydrogens is 268 g/mol. The van der Waals surface area contributed by atoms with Gasteiger partial charge < -0.3 is 15.7 Å². The van der Waals surface area contributed by atoms with Crippen LogP contribution in [-0.2, 0) is 11.2 Å². The maximum Gasteiger partial charge on any atom is 0.319 e. The number of para-hydroxylation sites is 1. The van der Waals surface area contributed by atoms with Crippen LogP contribution in [0.25, 0.3) is 0 Å².